The van der Waals surface area contributed by atoms with E-state index in [-0.39, 0.29) is 12.2 Å². The maximum atomic E-state index is 13.9. The number of ether oxygens (including phenoxy) is 1. The molecule has 0 saturated carbocycles. The monoisotopic (exact) mass is 334 g/mol. The van der Waals surface area contributed by atoms with Crippen LogP contribution in [0.4, 0.5) is 4.39 Å². The van der Waals surface area contributed by atoms with E-state index in [0.29, 0.717) is 5.56 Å². The minimum atomic E-state index is -1.51. The minimum Gasteiger partial charge on any atom is -0.463 e. The zero-order chi connectivity index (χ0) is 12.1. The van der Waals surface area contributed by atoms with Crippen molar-refractivity contribution in [3.63, 3.8) is 0 Å². The van der Waals surface area contributed by atoms with Gasteiger partial charge >= 0.3 is 5.97 Å². The number of hydrogen-bond donors (Lipinski definition) is 0. The zero-order valence-electron chi connectivity index (χ0n) is 8.87. The number of esters is 1. The summed E-state index contributed by atoms with van der Waals surface area (Å²) in [6, 6.07) is 6.89. The molecule has 86 valence electrons. The van der Waals surface area contributed by atoms with E-state index >= 15 is 0 Å². The van der Waals surface area contributed by atoms with Gasteiger partial charge in [0.2, 0.25) is 0 Å². The second-order valence-electron chi connectivity index (χ2n) is 3.16. The molecular weight excluding hydrogens is 322 g/mol. The predicted molar refractivity (Wildman–Crippen MR) is 68.8 cm³/mol. The van der Waals surface area contributed by atoms with Crippen LogP contribution in [0.1, 0.15) is 18.7 Å². The number of hydrogen-bond acceptors (Lipinski definition) is 2. The molecule has 4 heteroatoms. The molecule has 0 saturated heterocycles. The number of halogens is 2. The highest BCUT2D eigenvalue weighted by molar-refractivity contribution is 14.1. The summed E-state index contributed by atoms with van der Waals surface area (Å²) in [5, 5.41) is 0. The first-order valence-electron chi connectivity index (χ1n) is 4.81. The van der Waals surface area contributed by atoms with Crippen molar-refractivity contribution >= 4 is 28.6 Å². The summed E-state index contributed by atoms with van der Waals surface area (Å²) < 4.78 is 19.5. The Bertz CT molecular complexity index is 404. The fourth-order valence-electron chi connectivity index (χ4n) is 1.19. The van der Waals surface area contributed by atoms with Crippen molar-refractivity contribution in [2.24, 2.45) is 0 Å². The van der Waals surface area contributed by atoms with Gasteiger partial charge in [0.1, 0.15) is 0 Å². The summed E-state index contributed by atoms with van der Waals surface area (Å²) in [6.45, 7) is 5.32. The molecule has 1 aromatic carbocycles. The molecule has 0 aliphatic heterocycles. The molecule has 1 atom stereocenters. The molecule has 0 bridgehead atoms. The molecule has 0 radical (unpaired) electrons. The van der Waals surface area contributed by atoms with Gasteiger partial charge in [-0.3, -0.25) is 0 Å². The molecule has 0 aromatic heterocycles. The van der Waals surface area contributed by atoms with Crippen LogP contribution in [0.25, 0.3) is 0 Å². The van der Waals surface area contributed by atoms with Gasteiger partial charge in [-0.1, -0.05) is 18.7 Å². The van der Waals surface area contributed by atoms with Crippen LogP contribution >= 0.6 is 22.6 Å². The Labute approximate surface area is 108 Å². The van der Waals surface area contributed by atoms with Crippen LogP contribution < -0.4 is 0 Å². The van der Waals surface area contributed by atoms with Crippen LogP contribution in [0.3, 0.4) is 0 Å². The van der Waals surface area contributed by atoms with Crippen molar-refractivity contribution in [1.82, 2.24) is 0 Å². The third kappa shape index (κ3) is 3.30. The van der Waals surface area contributed by atoms with Gasteiger partial charge in [-0.2, -0.15) is 0 Å². The first-order chi connectivity index (χ1) is 7.56. The Kier molecular flexibility index (Phi) is 4.92. The summed E-state index contributed by atoms with van der Waals surface area (Å²) in [6.07, 6.45) is -1.51. The second-order valence-corrected chi connectivity index (χ2v) is 4.41. The zero-order valence-corrected chi connectivity index (χ0v) is 11.0. The van der Waals surface area contributed by atoms with Crippen molar-refractivity contribution in [1.29, 1.82) is 0 Å². The summed E-state index contributed by atoms with van der Waals surface area (Å²) in [7, 11) is 0. The Morgan fingerprint density at radius 2 is 2.31 bits per heavy atom. The van der Waals surface area contributed by atoms with E-state index in [0.717, 1.165) is 3.57 Å². The van der Waals surface area contributed by atoms with E-state index in [1.165, 1.54) is 0 Å². The molecule has 0 fully saturated rings. The van der Waals surface area contributed by atoms with Gasteiger partial charge in [-0.25, -0.2) is 9.18 Å². The van der Waals surface area contributed by atoms with Gasteiger partial charge < -0.3 is 4.74 Å². The third-order valence-electron chi connectivity index (χ3n) is 1.98. The topological polar surface area (TPSA) is 26.3 Å². The maximum Gasteiger partial charge on any atom is 0.336 e. The first kappa shape index (κ1) is 13.2. The number of carbonyl (C=O) groups is 1. The Balaban J connectivity index is 2.82. The van der Waals surface area contributed by atoms with Crippen LogP contribution in [0.5, 0.6) is 0 Å². The van der Waals surface area contributed by atoms with Gasteiger partial charge in [-0.15, -0.1) is 0 Å². The molecule has 0 spiro atoms. The smallest absolute Gasteiger partial charge is 0.336 e. The van der Waals surface area contributed by atoms with Gasteiger partial charge in [0, 0.05) is 3.57 Å². The molecule has 16 heavy (non-hydrogen) atoms. The van der Waals surface area contributed by atoms with Crippen LogP contribution in [0, 0.1) is 3.57 Å². The summed E-state index contributed by atoms with van der Waals surface area (Å²) in [5.41, 5.74) is 0.258. The highest BCUT2D eigenvalue weighted by atomic mass is 127. The van der Waals surface area contributed by atoms with Gasteiger partial charge in [0.15, 0.2) is 6.17 Å². The second kappa shape index (κ2) is 5.98. The molecule has 2 nitrogen and oxygen atoms in total. The van der Waals surface area contributed by atoms with Crippen LogP contribution in [0.2, 0.25) is 0 Å². The standard InChI is InChI=1S/C12H12FIO2/c1-3-16-12(15)8(2)11(13)9-5-4-6-10(14)7-9/h4-7,11H,2-3H2,1H3. The van der Waals surface area contributed by atoms with E-state index in [4.69, 9.17) is 4.74 Å². The third-order valence-corrected chi connectivity index (χ3v) is 2.66. The average Bonchev–Trinajstić information content (AvgIpc) is 2.27. The van der Waals surface area contributed by atoms with Gasteiger partial charge in [0.05, 0.1) is 12.2 Å². The molecule has 0 aliphatic carbocycles. The lowest BCUT2D eigenvalue weighted by Crippen LogP contribution is -2.11. The van der Waals surface area contributed by atoms with Crippen molar-refractivity contribution < 1.29 is 13.9 Å². The average molecular weight is 334 g/mol. The number of carbonyl (C=O) groups excluding carboxylic acids is 1. The largest absolute Gasteiger partial charge is 0.463 e. The maximum absolute atomic E-state index is 13.9. The fraction of sp³-hybridized carbons (Fsp3) is 0.250. The molecule has 1 unspecified atom stereocenters. The van der Waals surface area contributed by atoms with Gasteiger partial charge in [0.25, 0.3) is 0 Å². The number of alkyl halides is 1. The molecule has 0 amide bonds. The molecular formula is C12H12FIO2. The van der Waals surface area contributed by atoms with E-state index in [2.05, 4.69) is 29.2 Å². The fourth-order valence-corrected chi connectivity index (χ4v) is 1.76. The van der Waals surface area contributed by atoms with Crippen molar-refractivity contribution in [3.8, 4) is 0 Å². The molecule has 0 N–H and O–H groups in total. The van der Waals surface area contributed by atoms with Crippen LogP contribution in [-0.4, -0.2) is 12.6 Å². The lowest BCUT2D eigenvalue weighted by atomic mass is 10.0. The highest BCUT2D eigenvalue weighted by Gasteiger charge is 2.21. The lowest BCUT2D eigenvalue weighted by Gasteiger charge is -2.11. The lowest BCUT2D eigenvalue weighted by molar-refractivity contribution is -0.139. The highest BCUT2D eigenvalue weighted by Crippen LogP contribution is 2.26. The normalized spacial score (nSPS) is 11.9. The summed E-state index contributed by atoms with van der Waals surface area (Å²) in [4.78, 5) is 11.3. The Morgan fingerprint density at radius 3 is 2.88 bits per heavy atom. The molecule has 1 aromatic rings. The van der Waals surface area contributed by atoms with E-state index < -0.39 is 12.1 Å². The van der Waals surface area contributed by atoms with E-state index in [1.807, 2.05) is 6.07 Å². The number of benzene rings is 1. The van der Waals surface area contributed by atoms with Crippen molar-refractivity contribution in [3.05, 3.63) is 45.6 Å². The molecule has 1 rings (SSSR count). The van der Waals surface area contributed by atoms with E-state index in [1.54, 1.807) is 25.1 Å². The molecule has 0 heterocycles. The van der Waals surface area contributed by atoms with E-state index in [9.17, 15) is 9.18 Å². The van der Waals surface area contributed by atoms with Crippen molar-refractivity contribution in [2.75, 3.05) is 6.61 Å². The first-order valence-corrected chi connectivity index (χ1v) is 5.89. The van der Waals surface area contributed by atoms with Crippen LogP contribution in [-0.2, 0) is 9.53 Å². The SMILES string of the molecule is C=C(C(=O)OCC)C(F)c1cccc(I)c1. The van der Waals surface area contributed by atoms with Crippen molar-refractivity contribution in [2.45, 2.75) is 13.1 Å². The predicted octanol–water partition coefficient (Wildman–Crippen LogP) is 3.42. The summed E-state index contributed by atoms with van der Waals surface area (Å²) >= 11 is 2.08. The Hall–Kier alpha value is -0.910. The minimum absolute atomic E-state index is 0.163. The number of rotatable bonds is 4. The van der Waals surface area contributed by atoms with Crippen LogP contribution in [0.15, 0.2) is 36.4 Å². The quantitative estimate of drug-likeness (QED) is 0.479. The Morgan fingerprint density at radius 1 is 1.62 bits per heavy atom. The summed E-state index contributed by atoms with van der Waals surface area (Å²) in [5.74, 6) is -0.686. The molecule has 0 aliphatic rings. The van der Waals surface area contributed by atoms with Gasteiger partial charge in [-0.05, 0) is 47.2 Å².